The van der Waals surface area contributed by atoms with Crippen LogP contribution in [0, 0.1) is 0 Å². The van der Waals surface area contributed by atoms with Gasteiger partial charge in [-0.3, -0.25) is 4.90 Å². The average molecular weight is 380 g/mol. The van der Waals surface area contributed by atoms with Gasteiger partial charge in [0, 0.05) is 38.4 Å². The van der Waals surface area contributed by atoms with Gasteiger partial charge in [-0.25, -0.2) is 4.79 Å². The first-order valence-electron chi connectivity index (χ1n) is 8.02. The van der Waals surface area contributed by atoms with E-state index in [1.54, 1.807) is 35.2 Å². The third kappa shape index (κ3) is 4.78. The average Bonchev–Trinajstić information content (AvgIpc) is 2.59. The van der Waals surface area contributed by atoms with Gasteiger partial charge >= 0.3 is 6.03 Å². The predicted molar refractivity (Wildman–Crippen MR) is 100 cm³/mol. The standard InChI is InChI=1S/C18H19Cl2N3O2/c19-16-5-4-14(11-17(16)20)21-18(25)23-8-6-22(7-9-23)12-13-2-1-3-15(24)10-13/h1-5,10-11,24H,6-9,12H2,(H,21,25). The molecule has 25 heavy (non-hydrogen) atoms. The Kier molecular flexibility index (Phi) is 5.68. The number of anilines is 1. The summed E-state index contributed by atoms with van der Waals surface area (Å²) in [6, 6.07) is 12.1. The van der Waals surface area contributed by atoms with Crippen LogP contribution >= 0.6 is 23.2 Å². The van der Waals surface area contributed by atoms with E-state index in [0.717, 1.165) is 25.2 Å². The molecule has 0 atom stereocenters. The van der Waals surface area contributed by atoms with Gasteiger partial charge in [0.15, 0.2) is 0 Å². The number of halogens is 2. The molecule has 0 unspecified atom stereocenters. The lowest BCUT2D eigenvalue weighted by Gasteiger charge is -2.34. The van der Waals surface area contributed by atoms with Crippen LogP contribution in [-0.2, 0) is 6.54 Å². The van der Waals surface area contributed by atoms with E-state index in [9.17, 15) is 9.90 Å². The predicted octanol–water partition coefficient (Wildman–Crippen LogP) is 4.05. The van der Waals surface area contributed by atoms with E-state index in [-0.39, 0.29) is 11.8 Å². The number of benzene rings is 2. The summed E-state index contributed by atoms with van der Waals surface area (Å²) in [4.78, 5) is 16.4. The van der Waals surface area contributed by atoms with E-state index in [0.29, 0.717) is 28.8 Å². The molecular formula is C18H19Cl2N3O2. The van der Waals surface area contributed by atoms with Crippen LogP contribution in [0.5, 0.6) is 5.75 Å². The van der Waals surface area contributed by atoms with Crippen LogP contribution < -0.4 is 5.32 Å². The first kappa shape index (κ1) is 17.9. The lowest BCUT2D eigenvalue weighted by Crippen LogP contribution is -2.49. The summed E-state index contributed by atoms with van der Waals surface area (Å²) in [6.45, 7) is 3.61. The van der Waals surface area contributed by atoms with Gasteiger partial charge in [0.1, 0.15) is 5.75 Å². The molecule has 0 saturated carbocycles. The minimum absolute atomic E-state index is 0.143. The fourth-order valence-electron chi connectivity index (χ4n) is 2.80. The second-order valence-electron chi connectivity index (χ2n) is 5.99. The summed E-state index contributed by atoms with van der Waals surface area (Å²) in [6.07, 6.45) is 0. The van der Waals surface area contributed by atoms with Crippen molar-refractivity contribution in [3.63, 3.8) is 0 Å². The maximum absolute atomic E-state index is 12.4. The minimum atomic E-state index is -0.143. The van der Waals surface area contributed by atoms with Crippen LogP contribution in [0.4, 0.5) is 10.5 Å². The number of rotatable bonds is 3. The number of phenolic OH excluding ortho intramolecular Hbond substituents is 1. The van der Waals surface area contributed by atoms with Gasteiger partial charge < -0.3 is 15.3 Å². The second-order valence-corrected chi connectivity index (χ2v) is 6.81. The quantitative estimate of drug-likeness (QED) is 0.845. The molecule has 2 aromatic rings. The molecule has 2 N–H and O–H groups in total. The third-order valence-electron chi connectivity index (χ3n) is 4.15. The molecule has 1 aliphatic rings. The van der Waals surface area contributed by atoms with Crippen molar-refractivity contribution >= 4 is 34.9 Å². The van der Waals surface area contributed by atoms with E-state index in [4.69, 9.17) is 23.2 Å². The molecule has 5 nitrogen and oxygen atoms in total. The molecule has 2 amide bonds. The lowest BCUT2D eigenvalue weighted by atomic mass is 10.2. The molecule has 1 fully saturated rings. The molecule has 1 saturated heterocycles. The maximum Gasteiger partial charge on any atom is 0.321 e. The number of hydrogen-bond donors (Lipinski definition) is 2. The monoisotopic (exact) mass is 379 g/mol. The van der Waals surface area contributed by atoms with Crippen molar-refractivity contribution in [3.05, 3.63) is 58.1 Å². The highest BCUT2D eigenvalue weighted by atomic mass is 35.5. The number of carbonyl (C=O) groups excluding carboxylic acids is 1. The Labute approximate surface area is 156 Å². The van der Waals surface area contributed by atoms with Crippen molar-refractivity contribution in [2.45, 2.75) is 6.54 Å². The van der Waals surface area contributed by atoms with Crippen LogP contribution in [0.2, 0.25) is 10.0 Å². The van der Waals surface area contributed by atoms with E-state index in [1.807, 2.05) is 12.1 Å². The van der Waals surface area contributed by atoms with Crippen molar-refractivity contribution in [3.8, 4) is 5.75 Å². The summed E-state index contributed by atoms with van der Waals surface area (Å²) in [5.41, 5.74) is 1.69. The van der Waals surface area contributed by atoms with Crippen LogP contribution in [0.15, 0.2) is 42.5 Å². The number of nitrogens with one attached hydrogen (secondary N) is 1. The van der Waals surface area contributed by atoms with Gasteiger partial charge in [-0.05, 0) is 35.9 Å². The third-order valence-corrected chi connectivity index (χ3v) is 4.89. The molecule has 0 aliphatic carbocycles. The Morgan fingerprint density at radius 3 is 2.48 bits per heavy atom. The maximum atomic E-state index is 12.4. The molecule has 1 heterocycles. The van der Waals surface area contributed by atoms with Crippen LogP contribution in [0.25, 0.3) is 0 Å². The zero-order valence-corrected chi connectivity index (χ0v) is 15.1. The number of nitrogens with zero attached hydrogens (tertiary/aromatic N) is 2. The van der Waals surface area contributed by atoms with Crippen molar-refractivity contribution in [1.82, 2.24) is 9.80 Å². The van der Waals surface area contributed by atoms with E-state index >= 15 is 0 Å². The highest BCUT2D eigenvalue weighted by molar-refractivity contribution is 6.42. The van der Waals surface area contributed by atoms with E-state index in [2.05, 4.69) is 10.2 Å². The Morgan fingerprint density at radius 2 is 1.80 bits per heavy atom. The summed E-state index contributed by atoms with van der Waals surface area (Å²) >= 11 is 11.9. The van der Waals surface area contributed by atoms with E-state index in [1.165, 1.54) is 0 Å². The van der Waals surface area contributed by atoms with Gasteiger partial charge in [0.05, 0.1) is 10.0 Å². The summed E-state index contributed by atoms with van der Waals surface area (Å²) in [5.74, 6) is 0.275. The molecule has 0 spiro atoms. The zero-order chi connectivity index (χ0) is 17.8. The van der Waals surface area contributed by atoms with Crippen LogP contribution in [0.1, 0.15) is 5.56 Å². The molecule has 7 heteroatoms. The van der Waals surface area contributed by atoms with Gasteiger partial charge in [0.2, 0.25) is 0 Å². The molecule has 0 radical (unpaired) electrons. The Balaban J connectivity index is 1.51. The number of amides is 2. The van der Waals surface area contributed by atoms with Gasteiger partial charge in [-0.15, -0.1) is 0 Å². The van der Waals surface area contributed by atoms with Crippen molar-refractivity contribution in [1.29, 1.82) is 0 Å². The van der Waals surface area contributed by atoms with Gasteiger partial charge in [-0.1, -0.05) is 35.3 Å². The van der Waals surface area contributed by atoms with Crippen molar-refractivity contribution < 1.29 is 9.90 Å². The first-order chi connectivity index (χ1) is 12.0. The topological polar surface area (TPSA) is 55.8 Å². The molecule has 3 rings (SSSR count). The Bertz CT molecular complexity index is 762. The van der Waals surface area contributed by atoms with E-state index < -0.39 is 0 Å². The van der Waals surface area contributed by atoms with Crippen LogP contribution in [-0.4, -0.2) is 47.1 Å². The molecular weight excluding hydrogens is 361 g/mol. The second kappa shape index (κ2) is 7.95. The number of piperazine rings is 1. The summed E-state index contributed by atoms with van der Waals surface area (Å²) < 4.78 is 0. The number of phenols is 1. The zero-order valence-electron chi connectivity index (χ0n) is 13.6. The molecule has 132 valence electrons. The smallest absolute Gasteiger partial charge is 0.321 e. The van der Waals surface area contributed by atoms with Gasteiger partial charge in [-0.2, -0.15) is 0 Å². The highest BCUT2D eigenvalue weighted by Gasteiger charge is 2.21. The normalized spacial score (nSPS) is 15.2. The lowest BCUT2D eigenvalue weighted by molar-refractivity contribution is 0.143. The molecule has 2 aromatic carbocycles. The molecule has 0 aromatic heterocycles. The first-order valence-corrected chi connectivity index (χ1v) is 8.78. The van der Waals surface area contributed by atoms with Gasteiger partial charge in [0.25, 0.3) is 0 Å². The highest BCUT2D eigenvalue weighted by Crippen LogP contribution is 2.25. The minimum Gasteiger partial charge on any atom is -0.508 e. The van der Waals surface area contributed by atoms with Crippen LogP contribution in [0.3, 0.4) is 0 Å². The number of carbonyl (C=O) groups is 1. The molecule has 1 aliphatic heterocycles. The SMILES string of the molecule is O=C(Nc1ccc(Cl)c(Cl)c1)N1CCN(Cc2cccc(O)c2)CC1. The molecule has 0 bridgehead atoms. The number of hydrogen-bond acceptors (Lipinski definition) is 3. The number of urea groups is 1. The Morgan fingerprint density at radius 1 is 1.04 bits per heavy atom. The van der Waals surface area contributed by atoms with Crippen molar-refractivity contribution in [2.24, 2.45) is 0 Å². The largest absolute Gasteiger partial charge is 0.508 e. The Hall–Kier alpha value is -1.95. The fraction of sp³-hybridized carbons (Fsp3) is 0.278. The number of aromatic hydroxyl groups is 1. The van der Waals surface area contributed by atoms with Crippen molar-refractivity contribution in [2.75, 3.05) is 31.5 Å². The summed E-state index contributed by atoms with van der Waals surface area (Å²) in [5, 5.41) is 13.3. The fourth-order valence-corrected chi connectivity index (χ4v) is 3.10. The summed E-state index contributed by atoms with van der Waals surface area (Å²) in [7, 11) is 0.